The molecule has 0 bridgehead atoms. The summed E-state index contributed by atoms with van der Waals surface area (Å²) < 4.78 is 0. The van der Waals surface area contributed by atoms with Crippen LogP contribution in [0.3, 0.4) is 0 Å². The molecule has 0 saturated heterocycles. The van der Waals surface area contributed by atoms with Crippen molar-refractivity contribution in [3.8, 4) is 0 Å². The molecule has 0 unspecified atom stereocenters. The van der Waals surface area contributed by atoms with Crippen molar-refractivity contribution in [2.75, 3.05) is 6.61 Å². The van der Waals surface area contributed by atoms with Gasteiger partial charge < -0.3 is 5.11 Å². The molecule has 12 heavy (non-hydrogen) atoms. The lowest BCUT2D eigenvalue weighted by molar-refractivity contribution is 0.299. The molecule has 1 aromatic rings. The summed E-state index contributed by atoms with van der Waals surface area (Å²) in [6.07, 6.45) is 0.512. The second-order valence-electron chi connectivity index (χ2n) is 2.68. The van der Waals surface area contributed by atoms with E-state index in [4.69, 9.17) is 28.3 Å². The average molecular weight is 205 g/mol. The Hall–Kier alpha value is -0.240. The lowest BCUT2D eigenvalue weighted by Gasteiger charge is -2.05. The maximum absolute atomic E-state index is 8.72. The molecular formula is C9H10Cl2O. The van der Waals surface area contributed by atoms with Crippen LogP contribution in [0.4, 0.5) is 0 Å². The smallest absolute Gasteiger partial charge is 0.0472 e. The highest BCUT2D eigenvalue weighted by atomic mass is 35.5. The third kappa shape index (κ3) is 2.13. The van der Waals surface area contributed by atoms with E-state index in [2.05, 4.69) is 0 Å². The lowest BCUT2D eigenvalue weighted by atomic mass is 10.1. The van der Waals surface area contributed by atoms with Crippen molar-refractivity contribution in [2.45, 2.75) is 13.3 Å². The van der Waals surface area contributed by atoms with E-state index >= 15 is 0 Å². The summed E-state index contributed by atoms with van der Waals surface area (Å²) in [7, 11) is 0. The molecule has 0 heterocycles. The molecule has 0 aromatic heterocycles. The largest absolute Gasteiger partial charge is 0.396 e. The first-order chi connectivity index (χ1) is 5.65. The minimum atomic E-state index is 0.0719. The van der Waals surface area contributed by atoms with Crippen molar-refractivity contribution in [3.05, 3.63) is 33.3 Å². The van der Waals surface area contributed by atoms with Gasteiger partial charge in [-0.15, -0.1) is 0 Å². The molecule has 0 amide bonds. The molecule has 1 N–H and O–H groups in total. The SMILES string of the molecule is Cc1cc(Cl)c(CCO)c(Cl)c1. The fraction of sp³-hybridized carbons (Fsp3) is 0.333. The van der Waals surface area contributed by atoms with Crippen LogP contribution < -0.4 is 0 Å². The third-order valence-corrected chi connectivity index (χ3v) is 2.32. The van der Waals surface area contributed by atoms with Gasteiger partial charge in [0, 0.05) is 16.7 Å². The van der Waals surface area contributed by atoms with Gasteiger partial charge in [0.1, 0.15) is 0 Å². The number of hydrogen-bond donors (Lipinski definition) is 1. The molecule has 0 aliphatic heterocycles. The van der Waals surface area contributed by atoms with Crippen molar-refractivity contribution in [1.29, 1.82) is 0 Å². The number of aliphatic hydroxyl groups is 1. The Kier molecular flexibility index (Phi) is 3.39. The molecule has 0 atom stereocenters. The van der Waals surface area contributed by atoms with Gasteiger partial charge in [-0.3, -0.25) is 0 Å². The van der Waals surface area contributed by atoms with Crippen molar-refractivity contribution in [2.24, 2.45) is 0 Å². The molecule has 3 heteroatoms. The molecule has 0 fully saturated rings. The Bertz CT molecular complexity index is 261. The maximum atomic E-state index is 8.72. The molecule has 1 nitrogen and oxygen atoms in total. The first-order valence-corrected chi connectivity index (χ1v) is 4.46. The van der Waals surface area contributed by atoms with Crippen LogP contribution >= 0.6 is 23.2 Å². The second kappa shape index (κ2) is 4.13. The van der Waals surface area contributed by atoms with Gasteiger partial charge in [-0.25, -0.2) is 0 Å². The van der Waals surface area contributed by atoms with Crippen LogP contribution in [0, 0.1) is 6.92 Å². The Balaban J connectivity index is 3.10. The van der Waals surface area contributed by atoms with E-state index < -0.39 is 0 Å². The number of hydrogen-bond acceptors (Lipinski definition) is 1. The van der Waals surface area contributed by atoms with Gasteiger partial charge in [-0.2, -0.15) is 0 Å². The van der Waals surface area contributed by atoms with Crippen molar-refractivity contribution in [3.63, 3.8) is 0 Å². The summed E-state index contributed by atoms with van der Waals surface area (Å²) in [4.78, 5) is 0. The fourth-order valence-corrected chi connectivity index (χ4v) is 1.87. The van der Waals surface area contributed by atoms with Crippen LogP contribution in [-0.2, 0) is 6.42 Å². The van der Waals surface area contributed by atoms with Crippen LogP contribution in [0.25, 0.3) is 0 Å². The summed E-state index contributed by atoms with van der Waals surface area (Å²) in [5.41, 5.74) is 1.86. The van der Waals surface area contributed by atoms with E-state index in [9.17, 15) is 0 Å². The van der Waals surface area contributed by atoms with E-state index in [-0.39, 0.29) is 6.61 Å². The third-order valence-electron chi connectivity index (χ3n) is 1.65. The first kappa shape index (κ1) is 9.85. The number of halogens is 2. The van der Waals surface area contributed by atoms with E-state index in [1.54, 1.807) is 0 Å². The van der Waals surface area contributed by atoms with Gasteiger partial charge in [0.15, 0.2) is 0 Å². The standard InChI is InChI=1S/C9H10Cl2O/c1-6-4-8(10)7(2-3-12)9(11)5-6/h4-5,12H,2-3H2,1H3. The van der Waals surface area contributed by atoms with E-state index in [0.717, 1.165) is 11.1 Å². The van der Waals surface area contributed by atoms with Crippen molar-refractivity contribution < 1.29 is 5.11 Å². The van der Waals surface area contributed by atoms with Crippen LogP contribution in [0.5, 0.6) is 0 Å². The minimum Gasteiger partial charge on any atom is -0.396 e. The van der Waals surface area contributed by atoms with E-state index in [1.165, 1.54) is 0 Å². The van der Waals surface area contributed by atoms with Crippen LogP contribution in [0.1, 0.15) is 11.1 Å². The molecular weight excluding hydrogens is 195 g/mol. The molecule has 0 saturated carbocycles. The van der Waals surface area contributed by atoms with E-state index in [0.29, 0.717) is 16.5 Å². The van der Waals surface area contributed by atoms with Crippen LogP contribution in [0.2, 0.25) is 10.0 Å². The Morgan fingerprint density at radius 3 is 2.17 bits per heavy atom. The first-order valence-electron chi connectivity index (χ1n) is 3.70. The van der Waals surface area contributed by atoms with Gasteiger partial charge in [-0.05, 0) is 36.6 Å². The summed E-state index contributed by atoms with van der Waals surface area (Å²) in [5, 5.41) is 9.99. The molecule has 0 aliphatic rings. The van der Waals surface area contributed by atoms with Gasteiger partial charge in [0.25, 0.3) is 0 Å². The molecule has 0 radical (unpaired) electrons. The summed E-state index contributed by atoms with van der Waals surface area (Å²) >= 11 is 11.8. The Labute approximate surface area is 81.9 Å². The van der Waals surface area contributed by atoms with Crippen molar-refractivity contribution >= 4 is 23.2 Å². The molecule has 0 spiro atoms. The zero-order valence-corrected chi connectivity index (χ0v) is 8.28. The maximum Gasteiger partial charge on any atom is 0.0472 e. The Morgan fingerprint density at radius 2 is 1.75 bits per heavy atom. The van der Waals surface area contributed by atoms with Gasteiger partial charge >= 0.3 is 0 Å². The van der Waals surface area contributed by atoms with Crippen molar-refractivity contribution in [1.82, 2.24) is 0 Å². The Morgan fingerprint density at radius 1 is 1.25 bits per heavy atom. The monoisotopic (exact) mass is 204 g/mol. The second-order valence-corrected chi connectivity index (χ2v) is 3.50. The highest BCUT2D eigenvalue weighted by Gasteiger charge is 2.05. The van der Waals surface area contributed by atoms with E-state index in [1.807, 2.05) is 19.1 Å². The van der Waals surface area contributed by atoms with Gasteiger partial charge in [0.05, 0.1) is 0 Å². The number of aliphatic hydroxyl groups excluding tert-OH is 1. The topological polar surface area (TPSA) is 20.2 Å². The zero-order chi connectivity index (χ0) is 9.14. The predicted octanol–water partition coefficient (Wildman–Crippen LogP) is 2.84. The minimum absolute atomic E-state index is 0.0719. The quantitative estimate of drug-likeness (QED) is 0.786. The number of rotatable bonds is 2. The highest BCUT2D eigenvalue weighted by Crippen LogP contribution is 2.26. The molecule has 1 rings (SSSR count). The summed E-state index contributed by atoms with van der Waals surface area (Å²) in [5.74, 6) is 0. The fourth-order valence-electron chi connectivity index (χ4n) is 1.08. The zero-order valence-electron chi connectivity index (χ0n) is 6.77. The van der Waals surface area contributed by atoms with Crippen LogP contribution in [0.15, 0.2) is 12.1 Å². The lowest BCUT2D eigenvalue weighted by Crippen LogP contribution is -1.93. The van der Waals surface area contributed by atoms with Gasteiger partial charge in [0.2, 0.25) is 0 Å². The molecule has 0 aliphatic carbocycles. The summed E-state index contributed by atoms with van der Waals surface area (Å²) in [6.45, 7) is 2.00. The highest BCUT2D eigenvalue weighted by molar-refractivity contribution is 6.36. The molecule has 66 valence electrons. The predicted molar refractivity (Wildman–Crippen MR) is 52.0 cm³/mol. The summed E-state index contributed by atoms with van der Waals surface area (Å²) in [6, 6.07) is 3.69. The normalized spacial score (nSPS) is 10.3. The van der Waals surface area contributed by atoms with Gasteiger partial charge in [-0.1, -0.05) is 23.2 Å². The number of benzene rings is 1. The average Bonchev–Trinajstić information content (AvgIpc) is 1.96. The molecule has 1 aromatic carbocycles. The van der Waals surface area contributed by atoms with Crippen LogP contribution in [-0.4, -0.2) is 11.7 Å². The number of aryl methyl sites for hydroxylation is 1.